The van der Waals surface area contributed by atoms with Crippen molar-refractivity contribution < 1.29 is 19.1 Å². The Morgan fingerprint density at radius 1 is 1.32 bits per heavy atom. The quantitative estimate of drug-likeness (QED) is 0.436. The van der Waals surface area contributed by atoms with Crippen LogP contribution in [0.5, 0.6) is 0 Å². The van der Waals surface area contributed by atoms with Crippen molar-refractivity contribution in [2.45, 2.75) is 38.8 Å². The molecular weight excluding hydrogens is 246 g/mol. The summed E-state index contributed by atoms with van der Waals surface area (Å²) < 4.78 is 5.35. The molecule has 0 radical (unpaired) electrons. The van der Waals surface area contributed by atoms with Gasteiger partial charge in [0, 0.05) is 25.0 Å². The van der Waals surface area contributed by atoms with Crippen LogP contribution in [-0.4, -0.2) is 34.8 Å². The highest BCUT2D eigenvalue weighted by Gasteiger charge is 2.33. The van der Waals surface area contributed by atoms with E-state index in [1.807, 2.05) is 12.2 Å². The number of rotatable bonds is 3. The Bertz CT molecular complexity index is 446. The summed E-state index contributed by atoms with van der Waals surface area (Å²) in [5.41, 5.74) is 0. The molecule has 1 unspecified atom stereocenters. The van der Waals surface area contributed by atoms with Crippen LogP contribution in [0.1, 0.15) is 26.7 Å². The van der Waals surface area contributed by atoms with Gasteiger partial charge in [-0.1, -0.05) is 26.0 Å². The van der Waals surface area contributed by atoms with Crippen LogP contribution in [0, 0.1) is 5.92 Å². The first-order chi connectivity index (χ1) is 8.99. The Balaban J connectivity index is 2.00. The van der Waals surface area contributed by atoms with Crippen molar-refractivity contribution in [3.05, 3.63) is 24.3 Å². The number of carbonyl (C=O) groups excluding carboxylic acids is 3. The molecule has 0 saturated carbocycles. The van der Waals surface area contributed by atoms with Gasteiger partial charge in [-0.05, 0) is 0 Å². The van der Waals surface area contributed by atoms with Crippen molar-refractivity contribution in [2.75, 3.05) is 0 Å². The topological polar surface area (TPSA) is 63.7 Å². The van der Waals surface area contributed by atoms with E-state index in [4.69, 9.17) is 4.74 Å². The van der Waals surface area contributed by atoms with E-state index in [-0.39, 0.29) is 35.8 Å². The van der Waals surface area contributed by atoms with E-state index >= 15 is 0 Å². The maximum atomic E-state index is 11.6. The van der Waals surface area contributed by atoms with Crippen molar-refractivity contribution in [2.24, 2.45) is 5.92 Å². The zero-order chi connectivity index (χ0) is 14.0. The maximum absolute atomic E-state index is 11.6. The summed E-state index contributed by atoms with van der Waals surface area (Å²) in [6.07, 6.45) is 7.02. The summed E-state index contributed by atoms with van der Waals surface area (Å²) in [4.78, 5) is 36.0. The number of nitrogens with zero attached hydrogens (tertiary/aromatic N) is 1. The highest BCUT2D eigenvalue weighted by atomic mass is 16.5. The van der Waals surface area contributed by atoms with E-state index in [1.54, 1.807) is 13.8 Å². The second kappa shape index (κ2) is 5.38. The van der Waals surface area contributed by atoms with E-state index in [9.17, 15) is 14.4 Å². The Morgan fingerprint density at radius 2 is 1.95 bits per heavy atom. The standard InChI is InChI=1S/C14H17NO4/c1-9(2)14(18)19-11-5-3-4-10(8-11)15-12(16)6-7-13(15)17/h3-4,6-7,9-11H,5,8H2,1-2H3/t10-,11?/m1/s1. The molecule has 0 bridgehead atoms. The summed E-state index contributed by atoms with van der Waals surface area (Å²) in [5.74, 6) is -1.05. The molecule has 1 aliphatic heterocycles. The molecule has 2 aliphatic rings. The molecule has 0 fully saturated rings. The number of amides is 2. The number of imide groups is 1. The fraction of sp³-hybridized carbons (Fsp3) is 0.500. The number of hydrogen-bond acceptors (Lipinski definition) is 4. The Morgan fingerprint density at radius 3 is 2.53 bits per heavy atom. The van der Waals surface area contributed by atoms with E-state index < -0.39 is 0 Å². The molecule has 2 amide bonds. The normalized spacial score (nSPS) is 26.4. The van der Waals surface area contributed by atoms with Gasteiger partial charge in [0.2, 0.25) is 0 Å². The summed E-state index contributed by atoms with van der Waals surface area (Å²) in [6, 6.07) is -0.325. The molecule has 0 aromatic rings. The van der Waals surface area contributed by atoms with E-state index in [0.29, 0.717) is 12.8 Å². The minimum atomic E-state index is -0.325. The van der Waals surface area contributed by atoms with Gasteiger partial charge in [-0.3, -0.25) is 19.3 Å². The predicted octanol–water partition coefficient (Wildman–Crippen LogP) is 1.20. The van der Waals surface area contributed by atoms with Crippen molar-refractivity contribution in [3.63, 3.8) is 0 Å². The lowest BCUT2D eigenvalue weighted by molar-refractivity contribution is -0.154. The SMILES string of the molecule is CC(C)C(=O)OC1CC=C[C@@H](N2C(=O)C=CC2=O)C1. The minimum absolute atomic E-state index is 0.180. The summed E-state index contributed by atoms with van der Waals surface area (Å²) >= 11 is 0. The van der Waals surface area contributed by atoms with Gasteiger partial charge in [0.1, 0.15) is 6.10 Å². The molecule has 5 heteroatoms. The fourth-order valence-electron chi connectivity index (χ4n) is 2.16. The summed E-state index contributed by atoms with van der Waals surface area (Å²) in [5, 5.41) is 0. The Labute approximate surface area is 111 Å². The van der Waals surface area contributed by atoms with Gasteiger partial charge >= 0.3 is 5.97 Å². The Hall–Kier alpha value is -1.91. The minimum Gasteiger partial charge on any atom is -0.462 e. The van der Waals surface area contributed by atoms with Crippen molar-refractivity contribution in [1.82, 2.24) is 4.90 Å². The lowest BCUT2D eigenvalue weighted by Crippen LogP contribution is -2.42. The zero-order valence-electron chi connectivity index (χ0n) is 11.0. The van der Waals surface area contributed by atoms with E-state index in [1.165, 1.54) is 17.1 Å². The van der Waals surface area contributed by atoms with Crippen molar-refractivity contribution >= 4 is 17.8 Å². The second-order valence-corrected chi connectivity index (χ2v) is 5.06. The molecule has 0 saturated heterocycles. The molecule has 19 heavy (non-hydrogen) atoms. The molecule has 0 aromatic heterocycles. The third-order valence-corrected chi connectivity index (χ3v) is 3.19. The molecule has 102 valence electrons. The lowest BCUT2D eigenvalue weighted by Gasteiger charge is -2.30. The largest absolute Gasteiger partial charge is 0.462 e. The monoisotopic (exact) mass is 263 g/mol. The highest BCUT2D eigenvalue weighted by molar-refractivity contribution is 6.13. The van der Waals surface area contributed by atoms with Gasteiger partial charge < -0.3 is 4.74 Å². The van der Waals surface area contributed by atoms with Gasteiger partial charge in [0.15, 0.2) is 0 Å². The van der Waals surface area contributed by atoms with Crippen LogP contribution in [0.2, 0.25) is 0 Å². The van der Waals surface area contributed by atoms with Crippen molar-refractivity contribution in [3.8, 4) is 0 Å². The Kier molecular flexibility index (Phi) is 3.83. The molecule has 0 aromatic carbocycles. The van der Waals surface area contributed by atoms with E-state index in [2.05, 4.69) is 0 Å². The van der Waals surface area contributed by atoms with Gasteiger partial charge in [-0.2, -0.15) is 0 Å². The van der Waals surface area contributed by atoms with Crippen LogP contribution in [0.25, 0.3) is 0 Å². The summed E-state index contributed by atoms with van der Waals surface area (Å²) in [7, 11) is 0. The molecule has 0 N–H and O–H groups in total. The third-order valence-electron chi connectivity index (χ3n) is 3.19. The summed E-state index contributed by atoms with van der Waals surface area (Å²) in [6.45, 7) is 3.55. The van der Waals surface area contributed by atoms with Crippen LogP contribution in [0.3, 0.4) is 0 Å². The zero-order valence-corrected chi connectivity index (χ0v) is 11.0. The maximum Gasteiger partial charge on any atom is 0.308 e. The average molecular weight is 263 g/mol. The van der Waals surface area contributed by atoms with Gasteiger partial charge in [-0.15, -0.1) is 0 Å². The molecule has 0 spiro atoms. The lowest BCUT2D eigenvalue weighted by atomic mass is 9.98. The van der Waals surface area contributed by atoms with Gasteiger partial charge in [0.05, 0.1) is 12.0 Å². The van der Waals surface area contributed by atoms with Crippen LogP contribution in [0.4, 0.5) is 0 Å². The average Bonchev–Trinajstić information content (AvgIpc) is 2.69. The number of esters is 1. The third kappa shape index (κ3) is 2.92. The van der Waals surface area contributed by atoms with Crippen LogP contribution >= 0.6 is 0 Å². The first kappa shape index (κ1) is 13.5. The highest BCUT2D eigenvalue weighted by Crippen LogP contribution is 2.23. The molecule has 1 heterocycles. The first-order valence-corrected chi connectivity index (χ1v) is 6.41. The van der Waals surface area contributed by atoms with Crippen LogP contribution in [-0.2, 0) is 19.1 Å². The fourth-order valence-corrected chi connectivity index (χ4v) is 2.16. The number of carbonyl (C=O) groups is 3. The smallest absolute Gasteiger partial charge is 0.308 e. The molecular formula is C14H17NO4. The second-order valence-electron chi connectivity index (χ2n) is 5.06. The number of hydrogen-bond donors (Lipinski definition) is 0. The van der Waals surface area contributed by atoms with Crippen LogP contribution < -0.4 is 0 Å². The molecule has 5 nitrogen and oxygen atoms in total. The molecule has 1 aliphatic carbocycles. The van der Waals surface area contributed by atoms with Crippen LogP contribution in [0.15, 0.2) is 24.3 Å². The molecule has 2 atom stereocenters. The molecule has 2 rings (SSSR count). The number of ether oxygens (including phenoxy) is 1. The van der Waals surface area contributed by atoms with Gasteiger partial charge in [-0.25, -0.2) is 0 Å². The predicted molar refractivity (Wildman–Crippen MR) is 67.9 cm³/mol. The van der Waals surface area contributed by atoms with Crippen molar-refractivity contribution in [1.29, 1.82) is 0 Å². The van der Waals surface area contributed by atoms with Gasteiger partial charge in [0.25, 0.3) is 11.8 Å². The first-order valence-electron chi connectivity index (χ1n) is 6.41. The van der Waals surface area contributed by atoms with E-state index in [0.717, 1.165) is 0 Å².